The summed E-state index contributed by atoms with van der Waals surface area (Å²) in [5, 5.41) is 6.05. The van der Waals surface area contributed by atoms with Crippen molar-refractivity contribution in [2.75, 3.05) is 0 Å². The van der Waals surface area contributed by atoms with Crippen LogP contribution in [0.5, 0.6) is 0 Å². The number of nitrogens with zero attached hydrogens (tertiary/aromatic N) is 1. The minimum absolute atomic E-state index is 0.0331. The Bertz CT molecular complexity index is 852. The average Bonchev–Trinajstić information content (AvgIpc) is 3.39. The zero-order chi connectivity index (χ0) is 18.5. The first-order valence-electron chi connectivity index (χ1n) is 9.62. The number of rotatable bonds is 6. The lowest BCUT2D eigenvalue weighted by atomic mass is 9.81. The van der Waals surface area contributed by atoms with Crippen molar-refractivity contribution in [2.45, 2.75) is 44.6 Å². The largest absolute Gasteiger partial charge is 0.462 e. The highest BCUT2D eigenvalue weighted by Gasteiger charge is 2.26. The summed E-state index contributed by atoms with van der Waals surface area (Å²) in [7, 11) is 0. The summed E-state index contributed by atoms with van der Waals surface area (Å²) in [6.45, 7) is 0. The van der Waals surface area contributed by atoms with Crippen molar-refractivity contribution in [3.8, 4) is 10.8 Å². The van der Waals surface area contributed by atoms with Gasteiger partial charge in [0.1, 0.15) is 0 Å². The molecule has 1 atom stereocenters. The number of carbonyl (C=O) groups excluding carboxylic acids is 1. The molecule has 4 nitrogen and oxygen atoms in total. The Morgan fingerprint density at radius 3 is 2.70 bits per heavy atom. The lowest BCUT2D eigenvalue weighted by Gasteiger charge is -2.31. The maximum absolute atomic E-state index is 12.8. The SMILES string of the molecule is O=C(Cc1csc(-c2ccco2)n1)NC(c1ccccc1)C1CCCCC1. The lowest BCUT2D eigenvalue weighted by Crippen LogP contribution is -2.35. The van der Waals surface area contributed by atoms with Crippen molar-refractivity contribution in [3.63, 3.8) is 0 Å². The number of benzene rings is 1. The van der Waals surface area contributed by atoms with Crippen LogP contribution in [0.2, 0.25) is 0 Å². The number of furan rings is 1. The monoisotopic (exact) mass is 380 g/mol. The first kappa shape index (κ1) is 18.0. The summed E-state index contributed by atoms with van der Waals surface area (Å²) in [6, 6.07) is 14.2. The van der Waals surface area contributed by atoms with E-state index < -0.39 is 0 Å². The molecule has 0 bridgehead atoms. The predicted octanol–water partition coefficient (Wildman–Crippen LogP) is 5.38. The van der Waals surface area contributed by atoms with Crippen LogP contribution in [0.3, 0.4) is 0 Å². The van der Waals surface area contributed by atoms with E-state index in [2.05, 4.69) is 22.4 Å². The molecule has 1 unspecified atom stereocenters. The van der Waals surface area contributed by atoms with Gasteiger partial charge in [-0.2, -0.15) is 0 Å². The van der Waals surface area contributed by atoms with Gasteiger partial charge in [0.25, 0.3) is 0 Å². The van der Waals surface area contributed by atoms with Gasteiger partial charge in [-0.25, -0.2) is 4.98 Å². The van der Waals surface area contributed by atoms with Gasteiger partial charge in [0.15, 0.2) is 10.8 Å². The standard InChI is InChI=1S/C22H24N2O2S/c25-20(14-18-15-27-22(23-18)19-12-7-13-26-19)24-21(16-8-3-1-4-9-16)17-10-5-2-6-11-17/h1,3-4,7-9,12-13,15,17,21H,2,5-6,10-11,14H2,(H,24,25). The van der Waals surface area contributed by atoms with E-state index in [0.29, 0.717) is 12.3 Å². The number of carbonyl (C=O) groups is 1. The topological polar surface area (TPSA) is 55.1 Å². The Kier molecular flexibility index (Phi) is 5.68. The molecule has 1 fully saturated rings. The van der Waals surface area contributed by atoms with Gasteiger partial charge in [-0.15, -0.1) is 11.3 Å². The second-order valence-electron chi connectivity index (χ2n) is 7.15. The van der Waals surface area contributed by atoms with Crippen LogP contribution in [0.25, 0.3) is 10.8 Å². The van der Waals surface area contributed by atoms with Gasteiger partial charge in [-0.3, -0.25) is 4.79 Å². The van der Waals surface area contributed by atoms with E-state index in [1.807, 2.05) is 35.7 Å². The first-order chi connectivity index (χ1) is 13.3. The van der Waals surface area contributed by atoms with Gasteiger partial charge in [-0.05, 0) is 36.5 Å². The number of nitrogens with one attached hydrogen (secondary N) is 1. The Hall–Kier alpha value is -2.40. The van der Waals surface area contributed by atoms with E-state index >= 15 is 0 Å². The average molecular weight is 381 g/mol. The molecule has 0 saturated heterocycles. The van der Waals surface area contributed by atoms with Crippen LogP contribution in [0.4, 0.5) is 0 Å². The summed E-state index contributed by atoms with van der Waals surface area (Å²) >= 11 is 1.51. The van der Waals surface area contributed by atoms with Crippen LogP contribution in [-0.4, -0.2) is 10.9 Å². The smallest absolute Gasteiger partial charge is 0.226 e. The highest BCUT2D eigenvalue weighted by molar-refractivity contribution is 7.13. The molecule has 140 valence electrons. The molecule has 1 saturated carbocycles. The van der Waals surface area contributed by atoms with Crippen molar-refractivity contribution in [1.82, 2.24) is 10.3 Å². The van der Waals surface area contributed by atoms with Crippen molar-refractivity contribution < 1.29 is 9.21 Å². The Morgan fingerprint density at radius 1 is 1.15 bits per heavy atom. The van der Waals surface area contributed by atoms with Crippen molar-refractivity contribution >= 4 is 17.2 Å². The molecular formula is C22H24N2O2S. The summed E-state index contributed by atoms with van der Waals surface area (Å²) < 4.78 is 5.39. The fourth-order valence-electron chi connectivity index (χ4n) is 3.89. The number of amides is 1. The van der Waals surface area contributed by atoms with Gasteiger partial charge in [0.2, 0.25) is 5.91 Å². The molecule has 0 spiro atoms. The molecule has 3 aromatic rings. The number of thiazole rings is 1. The Morgan fingerprint density at radius 2 is 1.96 bits per heavy atom. The summed E-state index contributed by atoms with van der Waals surface area (Å²) in [5.74, 6) is 1.29. The second-order valence-corrected chi connectivity index (χ2v) is 8.01. The molecule has 4 rings (SSSR count). The van der Waals surface area contributed by atoms with Crippen molar-refractivity contribution in [2.24, 2.45) is 5.92 Å². The highest BCUT2D eigenvalue weighted by Crippen LogP contribution is 2.34. The molecule has 1 amide bonds. The van der Waals surface area contributed by atoms with E-state index in [1.54, 1.807) is 6.26 Å². The Labute approximate surface area is 163 Å². The molecule has 2 heterocycles. The van der Waals surface area contributed by atoms with Crippen LogP contribution in [-0.2, 0) is 11.2 Å². The third kappa shape index (κ3) is 4.48. The minimum atomic E-state index is 0.0331. The van der Waals surface area contributed by atoms with Crippen LogP contribution in [0.1, 0.15) is 49.4 Å². The van der Waals surface area contributed by atoms with Crippen LogP contribution < -0.4 is 5.32 Å². The molecule has 0 radical (unpaired) electrons. The lowest BCUT2D eigenvalue weighted by molar-refractivity contribution is -0.121. The maximum Gasteiger partial charge on any atom is 0.226 e. The first-order valence-corrected chi connectivity index (χ1v) is 10.5. The molecular weight excluding hydrogens is 356 g/mol. The van der Waals surface area contributed by atoms with Crippen LogP contribution in [0.15, 0.2) is 58.5 Å². The summed E-state index contributed by atoms with van der Waals surface area (Å²) in [6.07, 6.45) is 8.11. The van der Waals surface area contributed by atoms with Crippen LogP contribution >= 0.6 is 11.3 Å². The van der Waals surface area contributed by atoms with E-state index in [9.17, 15) is 4.79 Å². The minimum Gasteiger partial charge on any atom is -0.462 e. The summed E-state index contributed by atoms with van der Waals surface area (Å²) in [4.78, 5) is 17.3. The molecule has 1 aliphatic carbocycles. The van der Waals surface area contributed by atoms with Gasteiger partial charge in [-0.1, -0.05) is 49.6 Å². The summed E-state index contributed by atoms with van der Waals surface area (Å²) in [5.41, 5.74) is 1.99. The third-order valence-electron chi connectivity index (χ3n) is 5.22. The van der Waals surface area contributed by atoms with Crippen molar-refractivity contribution in [1.29, 1.82) is 0 Å². The molecule has 1 aromatic carbocycles. The fourth-order valence-corrected chi connectivity index (χ4v) is 4.68. The van der Waals surface area contributed by atoms with Gasteiger partial charge >= 0.3 is 0 Å². The normalized spacial score (nSPS) is 16.1. The molecule has 2 aromatic heterocycles. The molecule has 5 heteroatoms. The molecule has 1 N–H and O–H groups in total. The van der Waals surface area contributed by atoms with Gasteiger partial charge < -0.3 is 9.73 Å². The van der Waals surface area contributed by atoms with E-state index in [1.165, 1.54) is 49.0 Å². The zero-order valence-electron chi connectivity index (χ0n) is 15.3. The third-order valence-corrected chi connectivity index (χ3v) is 6.13. The van der Waals surface area contributed by atoms with E-state index in [0.717, 1.165) is 16.5 Å². The number of aromatic nitrogens is 1. The van der Waals surface area contributed by atoms with Crippen LogP contribution in [0, 0.1) is 5.92 Å². The van der Waals surface area contributed by atoms with E-state index in [-0.39, 0.29) is 11.9 Å². The van der Waals surface area contributed by atoms with Crippen molar-refractivity contribution in [3.05, 3.63) is 65.4 Å². The highest BCUT2D eigenvalue weighted by atomic mass is 32.1. The maximum atomic E-state index is 12.8. The molecule has 0 aliphatic heterocycles. The molecule has 1 aliphatic rings. The van der Waals surface area contributed by atoms with Gasteiger partial charge in [0, 0.05) is 5.38 Å². The predicted molar refractivity (Wildman–Crippen MR) is 107 cm³/mol. The second kappa shape index (κ2) is 8.53. The fraction of sp³-hybridized carbons (Fsp3) is 0.364. The number of hydrogen-bond acceptors (Lipinski definition) is 4. The quantitative estimate of drug-likeness (QED) is 0.624. The number of hydrogen-bond donors (Lipinski definition) is 1. The Balaban J connectivity index is 1.45. The van der Waals surface area contributed by atoms with Gasteiger partial charge in [0.05, 0.1) is 24.4 Å². The molecule has 27 heavy (non-hydrogen) atoms. The zero-order valence-corrected chi connectivity index (χ0v) is 16.1. The van der Waals surface area contributed by atoms with E-state index in [4.69, 9.17) is 4.42 Å².